The first-order valence-corrected chi connectivity index (χ1v) is 5.05. The van der Waals surface area contributed by atoms with Crippen LogP contribution >= 0.6 is 0 Å². The Labute approximate surface area is 90.2 Å². The second kappa shape index (κ2) is 5.11. The van der Waals surface area contributed by atoms with Crippen LogP contribution in [-0.2, 0) is 10.6 Å². The van der Waals surface area contributed by atoms with Gasteiger partial charge in [0.05, 0.1) is 12.2 Å². The molecule has 15 heavy (non-hydrogen) atoms. The van der Waals surface area contributed by atoms with E-state index in [2.05, 4.69) is 0 Å². The van der Waals surface area contributed by atoms with E-state index in [-0.39, 0.29) is 0 Å². The molecule has 0 radical (unpaired) electrons. The molecule has 84 valence electrons. The lowest BCUT2D eigenvalue weighted by molar-refractivity contribution is -0.0365. The Morgan fingerprint density at radius 1 is 1.13 bits per heavy atom. The standard InChI is InChI=1S/C11H18N2O2/c1-3-14-10-8-6-5-7-9(10)11(12,13)15-4-2/h5-8H,3-4,12-13H2,1-2H3. The molecule has 1 aromatic carbocycles. The number of nitrogens with two attached hydrogens (primary N) is 2. The molecule has 0 saturated carbocycles. The number of hydrogen-bond donors (Lipinski definition) is 2. The second-order valence-electron chi connectivity index (χ2n) is 3.16. The Morgan fingerprint density at radius 2 is 1.80 bits per heavy atom. The fourth-order valence-corrected chi connectivity index (χ4v) is 1.39. The van der Waals surface area contributed by atoms with E-state index in [0.29, 0.717) is 24.5 Å². The number of hydrogen-bond acceptors (Lipinski definition) is 4. The summed E-state index contributed by atoms with van der Waals surface area (Å²) >= 11 is 0. The van der Waals surface area contributed by atoms with Gasteiger partial charge >= 0.3 is 0 Å². The summed E-state index contributed by atoms with van der Waals surface area (Å²) in [5, 5.41) is 0. The number of ether oxygens (including phenoxy) is 2. The monoisotopic (exact) mass is 210 g/mol. The van der Waals surface area contributed by atoms with Gasteiger partial charge in [0.1, 0.15) is 5.75 Å². The van der Waals surface area contributed by atoms with E-state index >= 15 is 0 Å². The van der Waals surface area contributed by atoms with E-state index in [0.717, 1.165) is 0 Å². The minimum Gasteiger partial charge on any atom is -0.493 e. The lowest BCUT2D eigenvalue weighted by Gasteiger charge is -2.26. The first-order valence-electron chi connectivity index (χ1n) is 5.05. The molecule has 0 aromatic heterocycles. The molecule has 0 amide bonds. The van der Waals surface area contributed by atoms with Gasteiger partial charge in [0.15, 0.2) is 0 Å². The third-order valence-corrected chi connectivity index (χ3v) is 1.99. The maximum absolute atomic E-state index is 5.86. The largest absolute Gasteiger partial charge is 0.493 e. The molecule has 0 atom stereocenters. The van der Waals surface area contributed by atoms with Crippen LogP contribution in [0, 0.1) is 0 Å². The molecule has 1 rings (SSSR count). The van der Waals surface area contributed by atoms with Crippen LogP contribution < -0.4 is 16.2 Å². The van der Waals surface area contributed by atoms with E-state index in [1.165, 1.54) is 0 Å². The van der Waals surface area contributed by atoms with Crippen LogP contribution in [0.15, 0.2) is 24.3 Å². The fourth-order valence-electron chi connectivity index (χ4n) is 1.39. The van der Waals surface area contributed by atoms with Crippen molar-refractivity contribution in [1.29, 1.82) is 0 Å². The molecule has 0 aliphatic heterocycles. The third-order valence-electron chi connectivity index (χ3n) is 1.99. The van der Waals surface area contributed by atoms with Gasteiger partial charge in [0.2, 0.25) is 5.85 Å². The molecule has 0 aliphatic rings. The Hall–Kier alpha value is -1.10. The Kier molecular flexibility index (Phi) is 4.08. The smallest absolute Gasteiger partial charge is 0.200 e. The van der Waals surface area contributed by atoms with Gasteiger partial charge in [-0.15, -0.1) is 0 Å². The highest BCUT2D eigenvalue weighted by Crippen LogP contribution is 2.25. The summed E-state index contributed by atoms with van der Waals surface area (Å²) in [7, 11) is 0. The van der Waals surface area contributed by atoms with Crippen molar-refractivity contribution < 1.29 is 9.47 Å². The third kappa shape index (κ3) is 2.92. The van der Waals surface area contributed by atoms with Crippen LogP contribution in [0.3, 0.4) is 0 Å². The van der Waals surface area contributed by atoms with Crippen molar-refractivity contribution in [2.24, 2.45) is 11.5 Å². The van der Waals surface area contributed by atoms with Gasteiger partial charge in [-0.3, -0.25) is 11.5 Å². The zero-order valence-electron chi connectivity index (χ0n) is 9.19. The molecule has 0 spiro atoms. The summed E-state index contributed by atoms with van der Waals surface area (Å²) in [6.45, 7) is 4.77. The zero-order valence-corrected chi connectivity index (χ0v) is 9.19. The summed E-state index contributed by atoms with van der Waals surface area (Å²) in [5.41, 5.74) is 12.4. The van der Waals surface area contributed by atoms with Crippen LogP contribution in [0.25, 0.3) is 0 Å². The molecule has 4 nitrogen and oxygen atoms in total. The molecule has 0 unspecified atom stereocenters. The zero-order chi connectivity index (χ0) is 11.3. The quantitative estimate of drug-likeness (QED) is 0.715. The second-order valence-corrected chi connectivity index (χ2v) is 3.16. The van der Waals surface area contributed by atoms with Gasteiger partial charge in [0.25, 0.3) is 0 Å². The predicted molar refractivity (Wildman–Crippen MR) is 59.3 cm³/mol. The normalized spacial score (nSPS) is 11.5. The highest BCUT2D eigenvalue weighted by molar-refractivity contribution is 5.36. The number of rotatable bonds is 5. The molecule has 0 bridgehead atoms. The average Bonchev–Trinajstić information content (AvgIpc) is 2.19. The van der Waals surface area contributed by atoms with Crippen LogP contribution in [0.1, 0.15) is 19.4 Å². The fraction of sp³-hybridized carbons (Fsp3) is 0.455. The van der Waals surface area contributed by atoms with E-state index in [9.17, 15) is 0 Å². The van der Waals surface area contributed by atoms with Crippen molar-refractivity contribution in [3.63, 3.8) is 0 Å². The van der Waals surface area contributed by atoms with E-state index in [1.807, 2.05) is 32.0 Å². The van der Waals surface area contributed by atoms with E-state index in [4.69, 9.17) is 20.9 Å². The number of para-hydroxylation sites is 1. The van der Waals surface area contributed by atoms with Crippen molar-refractivity contribution in [3.05, 3.63) is 29.8 Å². The van der Waals surface area contributed by atoms with Gasteiger partial charge in [0, 0.05) is 6.61 Å². The molecular formula is C11H18N2O2. The molecule has 4 N–H and O–H groups in total. The maximum atomic E-state index is 5.86. The van der Waals surface area contributed by atoms with Crippen molar-refractivity contribution in [3.8, 4) is 5.75 Å². The Bertz CT molecular complexity index is 313. The van der Waals surface area contributed by atoms with Crippen molar-refractivity contribution >= 4 is 0 Å². The number of benzene rings is 1. The Morgan fingerprint density at radius 3 is 2.40 bits per heavy atom. The molecule has 0 saturated heterocycles. The van der Waals surface area contributed by atoms with Gasteiger partial charge in [-0.25, -0.2) is 0 Å². The average molecular weight is 210 g/mol. The molecule has 0 fully saturated rings. The van der Waals surface area contributed by atoms with E-state index in [1.54, 1.807) is 6.07 Å². The lowest BCUT2D eigenvalue weighted by Crippen LogP contribution is -2.48. The van der Waals surface area contributed by atoms with Gasteiger partial charge in [-0.05, 0) is 26.0 Å². The molecule has 0 aliphatic carbocycles. The van der Waals surface area contributed by atoms with Crippen molar-refractivity contribution in [2.45, 2.75) is 19.7 Å². The van der Waals surface area contributed by atoms with Crippen LogP contribution in [-0.4, -0.2) is 13.2 Å². The predicted octanol–water partition coefficient (Wildman–Crippen LogP) is 1.15. The van der Waals surface area contributed by atoms with E-state index < -0.39 is 5.85 Å². The molecule has 0 heterocycles. The van der Waals surface area contributed by atoms with Gasteiger partial charge < -0.3 is 9.47 Å². The summed E-state index contributed by atoms with van der Waals surface area (Å²) in [6.07, 6.45) is 0. The summed E-state index contributed by atoms with van der Waals surface area (Å²) in [6, 6.07) is 7.36. The first kappa shape index (κ1) is 12.0. The summed E-state index contributed by atoms with van der Waals surface area (Å²) in [4.78, 5) is 0. The highest BCUT2D eigenvalue weighted by Gasteiger charge is 2.25. The first-order chi connectivity index (χ1) is 7.11. The molecule has 4 heteroatoms. The van der Waals surface area contributed by atoms with Crippen LogP contribution in [0.5, 0.6) is 5.75 Å². The molecule has 1 aromatic rings. The minimum absolute atomic E-state index is 0.452. The van der Waals surface area contributed by atoms with Crippen LogP contribution in [0.2, 0.25) is 0 Å². The summed E-state index contributed by atoms with van der Waals surface area (Å²) in [5.74, 6) is -0.626. The molecular weight excluding hydrogens is 192 g/mol. The van der Waals surface area contributed by atoms with Crippen LogP contribution in [0.4, 0.5) is 0 Å². The minimum atomic E-state index is -1.29. The topological polar surface area (TPSA) is 70.5 Å². The highest BCUT2D eigenvalue weighted by atomic mass is 16.5. The SMILES string of the molecule is CCOc1ccccc1C(N)(N)OCC. The lowest BCUT2D eigenvalue weighted by atomic mass is 10.1. The Balaban J connectivity index is 3.00. The summed E-state index contributed by atoms with van der Waals surface area (Å²) < 4.78 is 10.7. The van der Waals surface area contributed by atoms with Crippen molar-refractivity contribution in [2.75, 3.05) is 13.2 Å². The van der Waals surface area contributed by atoms with Crippen molar-refractivity contribution in [1.82, 2.24) is 0 Å². The maximum Gasteiger partial charge on any atom is 0.200 e. The van der Waals surface area contributed by atoms with Gasteiger partial charge in [-0.1, -0.05) is 12.1 Å². The van der Waals surface area contributed by atoms with Gasteiger partial charge in [-0.2, -0.15) is 0 Å².